The molecule has 0 saturated carbocycles. The lowest BCUT2D eigenvalue weighted by molar-refractivity contribution is 0.490. The first-order chi connectivity index (χ1) is 9.35. The molecule has 0 aliphatic carbocycles. The summed E-state index contributed by atoms with van der Waals surface area (Å²) in [4.78, 5) is 0. The highest BCUT2D eigenvalue weighted by Crippen LogP contribution is 2.27. The molecule has 0 spiro atoms. The van der Waals surface area contributed by atoms with Gasteiger partial charge >= 0.3 is 0 Å². The van der Waals surface area contributed by atoms with Crippen LogP contribution in [0.3, 0.4) is 0 Å². The normalized spacial score (nSPS) is 13.4. The van der Waals surface area contributed by atoms with Crippen molar-refractivity contribution >= 4 is 21.4 Å². The van der Waals surface area contributed by atoms with Crippen molar-refractivity contribution in [3.05, 3.63) is 34.3 Å². The van der Waals surface area contributed by atoms with Crippen LogP contribution in [0.1, 0.15) is 43.4 Å². The predicted octanol–water partition coefficient (Wildman–Crippen LogP) is 3.51. The van der Waals surface area contributed by atoms with Gasteiger partial charge < -0.3 is 5.32 Å². The fourth-order valence-corrected chi connectivity index (χ4v) is 3.11. The summed E-state index contributed by atoms with van der Waals surface area (Å²) in [6.45, 7) is 5.04. The molecule has 3 nitrogen and oxygen atoms in total. The van der Waals surface area contributed by atoms with Crippen LogP contribution in [0, 0.1) is 6.92 Å². The van der Waals surface area contributed by atoms with Crippen LogP contribution in [-0.4, -0.2) is 27.0 Å². The third-order valence-electron chi connectivity index (χ3n) is 3.33. The third-order valence-corrected chi connectivity index (χ3v) is 4.77. The second-order valence-electron chi connectivity index (χ2n) is 5.23. The molecule has 1 aromatic rings. The van der Waals surface area contributed by atoms with Gasteiger partial charge in [0.05, 0.1) is 0 Å². The Morgan fingerprint density at radius 3 is 2.65 bits per heavy atom. The summed E-state index contributed by atoms with van der Waals surface area (Å²) in [7, 11) is -2.89. The minimum Gasteiger partial charge on any atom is -0.310 e. The van der Waals surface area contributed by atoms with Crippen molar-refractivity contribution in [1.29, 1.82) is 0 Å². The monoisotopic (exact) mass is 317 g/mol. The molecule has 0 heterocycles. The van der Waals surface area contributed by atoms with Crippen LogP contribution in [0.5, 0.6) is 0 Å². The third kappa shape index (κ3) is 5.81. The first-order valence-electron chi connectivity index (χ1n) is 7.01. The maximum absolute atomic E-state index is 11.2. The molecular formula is C15H24ClNO2S. The maximum atomic E-state index is 11.2. The maximum Gasteiger partial charge on any atom is 0.147 e. The fraction of sp³-hybridized carbons (Fsp3) is 0.600. The molecule has 0 aliphatic rings. The zero-order valence-corrected chi connectivity index (χ0v) is 14.0. The van der Waals surface area contributed by atoms with Crippen LogP contribution in [0.2, 0.25) is 5.02 Å². The Kier molecular flexibility index (Phi) is 7.00. The molecular weight excluding hydrogens is 294 g/mol. The molecule has 0 amide bonds. The van der Waals surface area contributed by atoms with E-state index in [1.165, 1.54) is 11.8 Å². The average molecular weight is 318 g/mol. The topological polar surface area (TPSA) is 46.2 Å². The highest BCUT2D eigenvalue weighted by molar-refractivity contribution is 7.90. The minimum absolute atomic E-state index is 0.162. The van der Waals surface area contributed by atoms with Crippen LogP contribution < -0.4 is 5.32 Å². The summed E-state index contributed by atoms with van der Waals surface area (Å²) in [5, 5.41) is 4.24. The lowest BCUT2D eigenvalue weighted by Crippen LogP contribution is -2.23. The number of nitrogens with one attached hydrogen (secondary N) is 1. The summed E-state index contributed by atoms with van der Waals surface area (Å²) < 4.78 is 22.5. The van der Waals surface area contributed by atoms with Crippen LogP contribution in [0.25, 0.3) is 0 Å². The number of hydrogen-bond acceptors (Lipinski definition) is 3. The summed E-state index contributed by atoms with van der Waals surface area (Å²) in [5.41, 5.74) is 2.24. The number of rotatable bonds is 8. The van der Waals surface area contributed by atoms with Gasteiger partial charge in [-0.1, -0.05) is 30.7 Å². The zero-order valence-electron chi connectivity index (χ0n) is 12.4. The number of benzene rings is 1. The summed E-state index contributed by atoms with van der Waals surface area (Å²) in [5.74, 6) is 0.233. The van der Waals surface area contributed by atoms with Gasteiger partial charge in [-0.15, -0.1) is 0 Å². The van der Waals surface area contributed by atoms with Gasteiger partial charge in [0.2, 0.25) is 0 Å². The van der Waals surface area contributed by atoms with Gasteiger partial charge in [0.1, 0.15) is 9.84 Å². The predicted molar refractivity (Wildman–Crippen MR) is 86.2 cm³/mol. The average Bonchev–Trinajstić information content (AvgIpc) is 2.36. The zero-order chi connectivity index (χ0) is 15.2. The summed E-state index contributed by atoms with van der Waals surface area (Å²) in [6, 6.07) is 6.06. The molecule has 5 heteroatoms. The molecule has 1 aromatic carbocycles. The van der Waals surface area contributed by atoms with Crippen LogP contribution in [0.4, 0.5) is 0 Å². The molecule has 0 fully saturated rings. The van der Waals surface area contributed by atoms with Gasteiger partial charge in [-0.2, -0.15) is 0 Å². The van der Waals surface area contributed by atoms with Gasteiger partial charge in [-0.05, 0) is 49.9 Å². The number of hydrogen-bond donors (Lipinski definition) is 1. The van der Waals surface area contributed by atoms with Crippen LogP contribution >= 0.6 is 11.6 Å². The molecule has 1 unspecified atom stereocenters. The van der Waals surface area contributed by atoms with Crippen LogP contribution in [-0.2, 0) is 9.84 Å². The Balaban J connectivity index is 2.80. The Hall–Kier alpha value is -0.580. The molecule has 1 N–H and O–H groups in total. The molecule has 0 radical (unpaired) electrons. The van der Waals surface area contributed by atoms with Crippen molar-refractivity contribution in [2.75, 3.05) is 18.6 Å². The van der Waals surface area contributed by atoms with E-state index in [4.69, 9.17) is 11.6 Å². The van der Waals surface area contributed by atoms with Crippen molar-refractivity contribution in [2.45, 2.75) is 39.2 Å². The lowest BCUT2D eigenvalue weighted by Gasteiger charge is -2.21. The standard InChI is InChI=1S/C15H24ClNO2S/c1-4-10-17-15(9-6-11-20(3,18)19)13-7-5-8-14(16)12(13)2/h5,7-8,15,17H,4,6,9-11H2,1-3H3. The van der Waals surface area contributed by atoms with Crippen molar-refractivity contribution in [2.24, 2.45) is 0 Å². The molecule has 1 atom stereocenters. The van der Waals surface area contributed by atoms with Crippen LogP contribution in [0.15, 0.2) is 18.2 Å². The highest BCUT2D eigenvalue weighted by atomic mass is 35.5. The molecule has 0 aliphatic heterocycles. The number of halogens is 1. The molecule has 0 saturated heterocycles. The highest BCUT2D eigenvalue weighted by Gasteiger charge is 2.15. The number of sulfone groups is 1. The van der Waals surface area contributed by atoms with E-state index in [-0.39, 0.29) is 11.8 Å². The SMILES string of the molecule is CCCNC(CCCS(C)(=O)=O)c1cccc(Cl)c1C. The van der Waals surface area contributed by atoms with E-state index >= 15 is 0 Å². The smallest absolute Gasteiger partial charge is 0.147 e. The van der Waals surface area contributed by atoms with Crippen molar-refractivity contribution < 1.29 is 8.42 Å². The van der Waals surface area contributed by atoms with Gasteiger partial charge in [0, 0.05) is 23.1 Å². The van der Waals surface area contributed by atoms with Crippen molar-refractivity contribution in [1.82, 2.24) is 5.32 Å². The Morgan fingerprint density at radius 2 is 2.05 bits per heavy atom. The van der Waals surface area contributed by atoms with E-state index in [0.717, 1.165) is 30.0 Å². The van der Waals surface area contributed by atoms with E-state index < -0.39 is 9.84 Å². The molecule has 0 aromatic heterocycles. The van der Waals surface area contributed by atoms with Crippen molar-refractivity contribution in [3.63, 3.8) is 0 Å². The van der Waals surface area contributed by atoms with Gasteiger partial charge in [0.15, 0.2) is 0 Å². The second kappa shape index (κ2) is 8.01. The minimum atomic E-state index is -2.89. The van der Waals surface area contributed by atoms with E-state index in [0.29, 0.717) is 6.42 Å². The molecule has 114 valence electrons. The van der Waals surface area contributed by atoms with Gasteiger partial charge in [-0.3, -0.25) is 0 Å². The van der Waals surface area contributed by atoms with E-state index in [1.807, 2.05) is 19.1 Å². The van der Waals surface area contributed by atoms with E-state index in [2.05, 4.69) is 18.3 Å². The second-order valence-corrected chi connectivity index (χ2v) is 7.90. The Labute approximate surface area is 127 Å². The van der Waals surface area contributed by atoms with Gasteiger partial charge in [0.25, 0.3) is 0 Å². The Bertz CT molecular complexity index is 529. The first kappa shape index (κ1) is 17.5. The summed E-state index contributed by atoms with van der Waals surface area (Å²) in [6.07, 6.45) is 3.79. The fourth-order valence-electron chi connectivity index (χ4n) is 2.24. The first-order valence-corrected chi connectivity index (χ1v) is 9.45. The largest absolute Gasteiger partial charge is 0.310 e. The quantitative estimate of drug-likeness (QED) is 0.798. The van der Waals surface area contributed by atoms with Gasteiger partial charge in [-0.25, -0.2) is 8.42 Å². The van der Waals surface area contributed by atoms with E-state index in [1.54, 1.807) is 0 Å². The summed E-state index contributed by atoms with van der Waals surface area (Å²) >= 11 is 6.17. The lowest BCUT2D eigenvalue weighted by atomic mass is 9.97. The molecule has 20 heavy (non-hydrogen) atoms. The molecule has 0 bridgehead atoms. The molecule has 1 rings (SSSR count). The van der Waals surface area contributed by atoms with E-state index in [9.17, 15) is 8.42 Å². The van der Waals surface area contributed by atoms with Crippen molar-refractivity contribution in [3.8, 4) is 0 Å². The Morgan fingerprint density at radius 1 is 1.35 bits per heavy atom.